The summed E-state index contributed by atoms with van der Waals surface area (Å²) in [6.07, 6.45) is 6.10. The summed E-state index contributed by atoms with van der Waals surface area (Å²) in [7, 11) is 0. The van der Waals surface area contributed by atoms with Crippen LogP contribution in [0.15, 0.2) is 23.5 Å². The van der Waals surface area contributed by atoms with E-state index in [9.17, 15) is 0 Å². The van der Waals surface area contributed by atoms with E-state index in [1.165, 1.54) is 12.2 Å². The second-order valence-electron chi connectivity index (χ2n) is 3.44. The Morgan fingerprint density at radius 2 is 2.53 bits per heavy atom. The molecule has 0 radical (unpaired) electrons. The van der Waals surface area contributed by atoms with Crippen LogP contribution in [0.4, 0.5) is 0 Å². The lowest BCUT2D eigenvalue weighted by Crippen LogP contribution is -2.25. The van der Waals surface area contributed by atoms with Gasteiger partial charge in [-0.2, -0.15) is 5.10 Å². The van der Waals surface area contributed by atoms with Crippen LogP contribution in [0.1, 0.15) is 12.8 Å². The second kappa shape index (κ2) is 5.80. The van der Waals surface area contributed by atoms with Crippen molar-refractivity contribution < 1.29 is 0 Å². The molecule has 0 saturated heterocycles. The van der Waals surface area contributed by atoms with Gasteiger partial charge in [-0.25, -0.2) is 0 Å². The van der Waals surface area contributed by atoms with Crippen LogP contribution in [0.25, 0.3) is 0 Å². The Labute approximate surface area is 94.2 Å². The molecule has 1 aromatic rings. The van der Waals surface area contributed by atoms with Crippen molar-refractivity contribution in [2.75, 3.05) is 18.8 Å². The predicted octanol–water partition coefficient (Wildman–Crippen LogP) is 1.36. The van der Waals surface area contributed by atoms with Crippen LogP contribution in [0, 0.1) is 0 Å². The Morgan fingerprint density at radius 1 is 1.53 bits per heavy atom. The molecule has 2 rings (SSSR count). The molecule has 1 aliphatic heterocycles. The average molecular weight is 224 g/mol. The van der Waals surface area contributed by atoms with Gasteiger partial charge in [0.2, 0.25) is 0 Å². The summed E-state index contributed by atoms with van der Waals surface area (Å²) in [6.45, 7) is 2.93. The predicted molar refractivity (Wildman–Crippen MR) is 64.2 cm³/mol. The summed E-state index contributed by atoms with van der Waals surface area (Å²) >= 11 is 1.83. The molecule has 0 fully saturated rings. The van der Waals surface area contributed by atoms with Gasteiger partial charge in [0.05, 0.1) is 0 Å². The third kappa shape index (κ3) is 3.58. The Hall–Kier alpha value is -0.970. The van der Waals surface area contributed by atoms with E-state index in [1.54, 1.807) is 0 Å². The zero-order valence-electron chi connectivity index (χ0n) is 8.72. The van der Waals surface area contributed by atoms with E-state index in [2.05, 4.69) is 15.4 Å². The highest BCUT2D eigenvalue weighted by Crippen LogP contribution is 2.09. The van der Waals surface area contributed by atoms with E-state index >= 15 is 0 Å². The van der Waals surface area contributed by atoms with Gasteiger partial charge in [-0.1, -0.05) is 11.8 Å². The van der Waals surface area contributed by atoms with Gasteiger partial charge in [0, 0.05) is 37.8 Å². The molecule has 0 spiro atoms. The standard InChI is InChI=1S/C10H16N4S/c1(7-14-8-2-6-13-14)4-11-10-12-5-3-9-15-10/h2,6,8H,1,3-5,7,9H2,(H,11,12). The third-order valence-corrected chi connectivity index (χ3v) is 3.24. The summed E-state index contributed by atoms with van der Waals surface area (Å²) in [5.74, 6) is 1.20. The molecule has 0 atom stereocenters. The van der Waals surface area contributed by atoms with Gasteiger partial charge in [-0.15, -0.1) is 0 Å². The van der Waals surface area contributed by atoms with Crippen LogP contribution < -0.4 is 5.32 Å². The molecule has 0 saturated carbocycles. The van der Waals surface area contributed by atoms with Crippen LogP contribution in [0.3, 0.4) is 0 Å². The Bertz CT molecular complexity index is 307. The summed E-state index contributed by atoms with van der Waals surface area (Å²) in [4.78, 5) is 4.41. The van der Waals surface area contributed by atoms with Gasteiger partial charge in [0.25, 0.3) is 0 Å². The monoisotopic (exact) mass is 224 g/mol. The number of hydrogen-bond donors (Lipinski definition) is 1. The molecular formula is C10H16N4S. The van der Waals surface area contributed by atoms with E-state index in [0.29, 0.717) is 0 Å². The van der Waals surface area contributed by atoms with Gasteiger partial charge < -0.3 is 5.32 Å². The molecule has 4 nitrogen and oxygen atoms in total. The molecule has 0 aromatic carbocycles. The van der Waals surface area contributed by atoms with Crippen molar-refractivity contribution in [3.8, 4) is 0 Å². The number of thioether (sulfide) groups is 1. The summed E-state index contributed by atoms with van der Waals surface area (Å²) < 4.78 is 1.96. The van der Waals surface area contributed by atoms with Crippen molar-refractivity contribution in [1.29, 1.82) is 0 Å². The fourth-order valence-electron chi connectivity index (χ4n) is 1.44. The molecule has 0 unspecified atom stereocenters. The molecule has 0 amide bonds. The van der Waals surface area contributed by atoms with Crippen molar-refractivity contribution >= 4 is 16.9 Å². The lowest BCUT2D eigenvalue weighted by molar-refractivity contribution is 0.573. The summed E-state index contributed by atoms with van der Waals surface area (Å²) in [5.41, 5.74) is 0. The van der Waals surface area contributed by atoms with E-state index in [4.69, 9.17) is 0 Å². The van der Waals surface area contributed by atoms with Gasteiger partial charge >= 0.3 is 0 Å². The lowest BCUT2D eigenvalue weighted by Gasteiger charge is -2.12. The number of aromatic nitrogens is 2. The van der Waals surface area contributed by atoms with E-state index in [0.717, 1.165) is 31.2 Å². The highest BCUT2D eigenvalue weighted by atomic mass is 32.2. The number of amidine groups is 1. The molecule has 0 bridgehead atoms. The highest BCUT2D eigenvalue weighted by Gasteiger charge is 2.03. The van der Waals surface area contributed by atoms with Crippen molar-refractivity contribution in [2.24, 2.45) is 4.99 Å². The lowest BCUT2D eigenvalue weighted by atomic mass is 10.4. The van der Waals surface area contributed by atoms with Crippen molar-refractivity contribution in [1.82, 2.24) is 15.1 Å². The second-order valence-corrected chi connectivity index (χ2v) is 4.52. The zero-order valence-corrected chi connectivity index (χ0v) is 9.54. The first kappa shape index (κ1) is 10.5. The maximum atomic E-state index is 4.41. The van der Waals surface area contributed by atoms with Gasteiger partial charge in [-0.3, -0.25) is 9.67 Å². The quantitative estimate of drug-likeness (QED) is 0.785. The minimum absolute atomic E-state index is 0.970. The first-order valence-electron chi connectivity index (χ1n) is 5.34. The molecule has 1 N–H and O–H groups in total. The molecule has 1 aliphatic rings. The minimum atomic E-state index is 0.970. The topological polar surface area (TPSA) is 42.2 Å². The van der Waals surface area contributed by atoms with E-state index in [-0.39, 0.29) is 0 Å². The average Bonchev–Trinajstić information content (AvgIpc) is 2.79. The normalized spacial score (nSPS) is 16.1. The number of hydrogen-bond acceptors (Lipinski definition) is 4. The summed E-state index contributed by atoms with van der Waals surface area (Å²) in [6, 6.07) is 1.95. The number of rotatable bonds is 4. The van der Waals surface area contributed by atoms with Crippen molar-refractivity contribution in [3.05, 3.63) is 18.5 Å². The molecule has 82 valence electrons. The van der Waals surface area contributed by atoms with Crippen LogP contribution in [-0.2, 0) is 6.54 Å². The fourth-order valence-corrected chi connectivity index (χ4v) is 2.29. The molecule has 15 heavy (non-hydrogen) atoms. The Kier molecular flexibility index (Phi) is 4.08. The first-order chi connectivity index (χ1) is 7.45. The largest absolute Gasteiger partial charge is 0.365 e. The first-order valence-corrected chi connectivity index (χ1v) is 6.32. The molecule has 0 aliphatic carbocycles. The molecular weight excluding hydrogens is 208 g/mol. The SMILES string of the molecule is c1cnn(CCCNC2=NCCCS2)c1. The van der Waals surface area contributed by atoms with E-state index < -0.39 is 0 Å². The number of nitrogens with one attached hydrogen (secondary N) is 1. The van der Waals surface area contributed by atoms with Crippen LogP contribution in [0.2, 0.25) is 0 Å². The van der Waals surface area contributed by atoms with Gasteiger partial charge in [0.15, 0.2) is 5.17 Å². The number of aryl methyl sites for hydroxylation is 1. The van der Waals surface area contributed by atoms with Crippen LogP contribution in [-0.4, -0.2) is 33.8 Å². The number of nitrogens with zero attached hydrogens (tertiary/aromatic N) is 3. The molecule has 2 heterocycles. The fraction of sp³-hybridized carbons (Fsp3) is 0.600. The minimum Gasteiger partial charge on any atom is -0.365 e. The smallest absolute Gasteiger partial charge is 0.156 e. The Morgan fingerprint density at radius 3 is 3.27 bits per heavy atom. The third-order valence-electron chi connectivity index (χ3n) is 2.20. The Balaban J connectivity index is 1.60. The zero-order chi connectivity index (χ0) is 10.3. The van der Waals surface area contributed by atoms with Crippen LogP contribution >= 0.6 is 11.8 Å². The molecule has 1 aromatic heterocycles. The van der Waals surface area contributed by atoms with Gasteiger partial charge in [0.1, 0.15) is 0 Å². The number of aliphatic imine (C=N–C) groups is 1. The maximum Gasteiger partial charge on any atom is 0.156 e. The van der Waals surface area contributed by atoms with Crippen LogP contribution in [0.5, 0.6) is 0 Å². The maximum absolute atomic E-state index is 4.41. The van der Waals surface area contributed by atoms with E-state index in [1.807, 2.05) is 34.9 Å². The molecule has 5 heteroatoms. The van der Waals surface area contributed by atoms with Crippen molar-refractivity contribution in [3.63, 3.8) is 0 Å². The highest BCUT2D eigenvalue weighted by molar-refractivity contribution is 8.13. The van der Waals surface area contributed by atoms with Gasteiger partial charge in [-0.05, 0) is 18.9 Å². The van der Waals surface area contributed by atoms with Crippen molar-refractivity contribution in [2.45, 2.75) is 19.4 Å². The summed E-state index contributed by atoms with van der Waals surface area (Å²) in [5, 5.41) is 8.62.